The van der Waals surface area contributed by atoms with E-state index in [1.54, 1.807) is 6.07 Å². The third-order valence-electron chi connectivity index (χ3n) is 3.13. The third kappa shape index (κ3) is 2.54. The van der Waals surface area contributed by atoms with Crippen LogP contribution >= 0.6 is 22.9 Å². The number of nitrogens with one attached hydrogen (secondary N) is 1. The van der Waals surface area contributed by atoms with Crippen LogP contribution in [0, 0.1) is 0 Å². The molecule has 0 saturated heterocycles. The lowest BCUT2D eigenvalue weighted by atomic mass is 10.1. The van der Waals surface area contributed by atoms with Crippen LogP contribution in [0.1, 0.15) is 12.5 Å². The summed E-state index contributed by atoms with van der Waals surface area (Å²) < 4.78 is 5.65. The molecule has 0 atom stereocenters. The van der Waals surface area contributed by atoms with E-state index in [9.17, 15) is 4.79 Å². The monoisotopic (exact) mass is 320 g/mol. The molecule has 6 heteroatoms. The number of aromatic nitrogens is 2. The highest BCUT2D eigenvalue weighted by molar-refractivity contribution is 7.16. The van der Waals surface area contributed by atoms with Crippen molar-refractivity contribution in [2.45, 2.75) is 12.8 Å². The van der Waals surface area contributed by atoms with E-state index in [1.165, 1.54) is 11.3 Å². The van der Waals surface area contributed by atoms with Crippen molar-refractivity contribution in [1.29, 1.82) is 0 Å². The molecule has 0 radical (unpaired) electrons. The molecule has 0 aliphatic heterocycles. The summed E-state index contributed by atoms with van der Waals surface area (Å²) in [5.41, 5.74) is 1.48. The highest BCUT2D eigenvalue weighted by Crippen LogP contribution is 2.32. The Kier molecular flexibility index (Phi) is 3.94. The first kappa shape index (κ1) is 14.1. The summed E-state index contributed by atoms with van der Waals surface area (Å²) in [5.74, 6) is 1.49. The summed E-state index contributed by atoms with van der Waals surface area (Å²) >= 11 is 7.46. The number of ether oxygens (including phenoxy) is 1. The Balaban J connectivity index is 2.28. The van der Waals surface area contributed by atoms with Crippen LogP contribution in [-0.4, -0.2) is 16.6 Å². The number of thiophene rings is 1. The van der Waals surface area contributed by atoms with E-state index >= 15 is 0 Å². The molecule has 3 aromatic rings. The number of halogens is 1. The minimum Gasteiger partial charge on any atom is -0.493 e. The molecule has 0 spiro atoms. The Bertz CT molecular complexity index is 841. The van der Waals surface area contributed by atoms with Crippen molar-refractivity contribution in [1.82, 2.24) is 9.97 Å². The van der Waals surface area contributed by atoms with Crippen LogP contribution in [-0.2, 0) is 5.88 Å². The van der Waals surface area contributed by atoms with E-state index in [1.807, 2.05) is 30.5 Å². The average molecular weight is 321 g/mol. The maximum Gasteiger partial charge on any atom is 0.259 e. The summed E-state index contributed by atoms with van der Waals surface area (Å²) in [4.78, 5) is 20.2. The smallest absolute Gasteiger partial charge is 0.259 e. The van der Waals surface area contributed by atoms with Gasteiger partial charge in [-0.05, 0) is 30.0 Å². The summed E-state index contributed by atoms with van der Waals surface area (Å²) in [6.45, 7) is 2.44. The molecule has 0 bridgehead atoms. The first-order valence-electron chi connectivity index (χ1n) is 6.53. The van der Waals surface area contributed by atoms with Gasteiger partial charge in [-0.2, -0.15) is 0 Å². The van der Waals surface area contributed by atoms with Gasteiger partial charge in [0.15, 0.2) is 0 Å². The Morgan fingerprint density at radius 2 is 2.24 bits per heavy atom. The van der Waals surface area contributed by atoms with E-state index < -0.39 is 0 Å². The molecule has 1 aromatic carbocycles. The van der Waals surface area contributed by atoms with Crippen molar-refractivity contribution in [3.05, 3.63) is 45.6 Å². The predicted octanol–water partition coefficient (Wildman–Crippen LogP) is 3.79. The SMILES string of the molecule is CCOc1cccc(CCl)c1-c1nc2sccc2c(=O)[nH]1. The highest BCUT2D eigenvalue weighted by Gasteiger charge is 2.15. The van der Waals surface area contributed by atoms with Gasteiger partial charge in [-0.15, -0.1) is 22.9 Å². The third-order valence-corrected chi connectivity index (χ3v) is 4.22. The number of benzene rings is 1. The molecule has 3 rings (SSSR count). The van der Waals surface area contributed by atoms with Crippen LogP contribution in [0.15, 0.2) is 34.4 Å². The van der Waals surface area contributed by atoms with Crippen LogP contribution in [0.5, 0.6) is 5.75 Å². The van der Waals surface area contributed by atoms with Gasteiger partial charge in [-0.1, -0.05) is 12.1 Å². The lowest BCUT2D eigenvalue weighted by Crippen LogP contribution is -2.09. The van der Waals surface area contributed by atoms with Gasteiger partial charge in [0.05, 0.1) is 17.6 Å². The number of hydrogen-bond donors (Lipinski definition) is 1. The molecular formula is C15H13ClN2O2S. The van der Waals surface area contributed by atoms with Gasteiger partial charge in [-0.25, -0.2) is 4.98 Å². The summed E-state index contributed by atoms with van der Waals surface area (Å²) in [5, 5.41) is 2.46. The molecular weight excluding hydrogens is 308 g/mol. The fraction of sp³-hybridized carbons (Fsp3) is 0.200. The van der Waals surface area contributed by atoms with Crippen molar-refractivity contribution >= 4 is 33.2 Å². The van der Waals surface area contributed by atoms with Crippen LogP contribution in [0.4, 0.5) is 0 Å². The Morgan fingerprint density at radius 1 is 1.38 bits per heavy atom. The second-order valence-corrected chi connectivity index (χ2v) is 5.57. The maximum absolute atomic E-state index is 12.1. The number of H-pyrrole nitrogens is 1. The predicted molar refractivity (Wildman–Crippen MR) is 86.4 cm³/mol. The second kappa shape index (κ2) is 5.87. The van der Waals surface area contributed by atoms with Gasteiger partial charge in [0.2, 0.25) is 0 Å². The van der Waals surface area contributed by atoms with Gasteiger partial charge in [0, 0.05) is 5.88 Å². The first-order valence-corrected chi connectivity index (χ1v) is 7.94. The zero-order valence-electron chi connectivity index (χ0n) is 11.4. The van der Waals surface area contributed by atoms with Crippen molar-refractivity contribution in [2.24, 2.45) is 0 Å². The zero-order chi connectivity index (χ0) is 14.8. The normalized spacial score (nSPS) is 11.0. The molecule has 0 saturated carbocycles. The fourth-order valence-corrected chi connectivity index (χ4v) is 3.20. The summed E-state index contributed by atoms with van der Waals surface area (Å²) in [7, 11) is 0. The number of rotatable bonds is 4. The number of fused-ring (bicyclic) bond motifs is 1. The quantitative estimate of drug-likeness (QED) is 0.744. The number of alkyl halides is 1. The lowest BCUT2D eigenvalue weighted by Gasteiger charge is -2.13. The van der Waals surface area contributed by atoms with E-state index in [0.717, 1.165) is 11.1 Å². The van der Waals surface area contributed by atoms with Crippen molar-refractivity contribution in [3.8, 4) is 17.1 Å². The molecule has 0 aliphatic carbocycles. The number of aromatic amines is 1. The molecule has 2 aromatic heterocycles. The largest absolute Gasteiger partial charge is 0.493 e. The topological polar surface area (TPSA) is 55.0 Å². The standard InChI is InChI=1S/C15H13ClN2O2S/c1-2-20-11-5-3-4-9(8-16)12(11)13-17-14(19)10-6-7-21-15(10)18-13/h3-7H,2,8H2,1H3,(H,17,18,19). The molecule has 0 unspecified atom stereocenters. The first-order chi connectivity index (χ1) is 10.2. The zero-order valence-corrected chi connectivity index (χ0v) is 12.9. The number of hydrogen-bond acceptors (Lipinski definition) is 4. The van der Waals surface area contributed by atoms with Gasteiger partial charge >= 0.3 is 0 Å². The highest BCUT2D eigenvalue weighted by atomic mass is 35.5. The van der Waals surface area contributed by atoms with Crippen LogP contribution < -0.4 is 10.3 Å². The van der Waals surface area contributed by atoms with Crippen LogP contribution in [0.3, 0.4) is 0 Å². The van der Waals surface area contributed by atoms with Crippen molar-refractivity contribution in [3.63, 3.8) is 0 Å². The maximum atomic E-state index is 12.1. The van der Waals surface area contributed by atoms with E-state index in [4.69, 9.17) is 16.3 Å². The molecule has 1 N–H and O–H groups in total. The molecule has 108 valence electrons. The molecule has 0 aliphatic rings. The molecule has 0 fully saturated rings. The summed E-state index contributed by atoms with van der Waals surface area (Å²) in [6.07, 6.45) is 0. The van der Waals surface area contributed by atoms with Gasteiger partial charge in [0.25, 0.3) is 5.56 Å². The van der Waals surface area contributed by atoms with Gasteiger partial charge in [0.1, 0.15) is 16.4 Å². The van der Waals surface area contributed by atoms with Crippen molar-refractivity contribution < 1.29 is 4.74 Å². The van der Waals surface area contributed by atoms with Crippen LogP contribution in [0.25, 0.3) is 21.6 Å². The second-order valence-electron chi connectivity index (χ2n) is 4.41. The average Bonchev–Trinajstić information content (AvgIpc) is 2.96. The fourth-order valence-electron chi connectivity index (χ4n) is 2.22. The van der Waals surface area contributed by atoms with Gasteiger partial charge < -0.3 is 9.72 Å². The Hall–Kier alpha value is -1.85. The lowest BCUT2D eigenvalue weighted by molar-refractivity contribution is 0.341. The number of nitrogens with zero attached hydrogens (tertiary/aromatic N) is 1. The van der Waals surface area contributed by atoms with E-state index in [0.29, 0.717) is 34.3 Å². The van der Waals surface area contributed by atoms with Crippen molar-refractivity contribution in [2.75, 3.05) is 6.61 Å². The minimum atomic E-state index is -0.150. The molecule has 2 heterocycles. The van der Waals surface area contributed by atoms with E-state index in [2.05, 4.69) is 9.97 Å². The molecule has 0 amide bonds. The van der Waals surface area contributed by atoms with E-state index in [-0.39, 0.29) is 5.56 Å². The molecule has 4 nitrogen and oxygen atoms in total. The molecule has 21 heavy (non-hydrogen) atoms. The summed E-state index contributed by atoms with van der Waals surface area (Å²) in [6, 6.07) is 7.41. The Morgan fingerprint density at radius 3 is 3.00 bits per heavy atom. The van der Waals surface area contributed by atoms with Crippen LogP contribution in [0.2, 0.25) is 0 Å². The van der Waals surface area contributed by atoms with Gasteiger partial charge in [-0.3, -0.25) is 4.79 Å². The Labute approximate surface area is 130 Å². The minimum absolute atomic E-state index is 0.150.